The van der Waals surface area contributed by atoms with Crippen molar-refractivity contribution in [2.24, 2.45) is 0 Å². The molecule has 8 nitrogen and oxygen atoms in total. The van der Waals surface area contributed by atoms with Gasteiger partial charge < -0.3 is 25.0 Å². The number of hydrogen-bond acceptors (Lipinski definition) is 8. The van der Waals surface area contributed by atoms with Crippen LogP contribution in [-0.4, -0.2) is 47.8 Å². The Hall–Kier alpha value is -5.73. The minimum atomic E-state index is -0.347. The first-order valence-corrected chi connectivity index (χ1v) is 17.1. The molecule has 4 aromatic carbocycles. The molecule has 0 heterocycles. The number of aromatic hydroxyl groups is 2. The second-order valence-electron chi connectivity index (χ2n) is 12.5. The van der Waals surface area contributed by atoms with Gasteiger partial charge in [-0.2, -0.15) is 0 Å². The number of hydrogen-bond donors (Lipinski definition) is 3. The van der Waals surface area contributed by atoms with Crippen molar-refractivity contribution in [3.8, 4) is 23.0 Å². The van der Waals surface area contributed by atoms with E-state index >= 15 is 0 Å². The van der Waals surface area contributed by atoms with Crippen molar-refractivity contribution in [1.82, 2.24) is 5.32 Å². The number of Topliss-reactive ketones (excluding diaryl/α,β-unsaturated/α-hetero) is 1. The third-order valence-electron chi connectivity index (χ3n) is 8.90. The Morgan fingerprint density at radius 3 is 1.84 bits per heavy atom. The summed E-state index contributed by atoms with van der Waals surface area (Å²) in [4.78, 5) is 36.8. The minimum absolute atomic E-state index is 0.00662. The highest BCUT2D eigenvalue weighted by molar-refractivity contribution is 6.16. The van der Waals surface area contributed by atoms with E-state index in [1.54, 1.807) is 36.4 Å². The maximum absolute atomic E-state index is 12.9. The molecule has 3 N–H and O–H groups in total. The molecule has 1 fully saturated rings. The average Bonchev–Trinajstić information content (AvgIpc) is 3.41. The number of phenolic OH excluding ortho intramolecular Hbond substituents is 2. The molecule has 1 saturated carbocycles. The fourth-order valence-corrected chi connectivity index (χ4v) is 6.24. The molecule has 0 saturated heterocycles. The third kappa shape index (κ3) is 9.93. The average molecular weight is 686 g/mol. The summed E-state index contributed by atoms with van der Waals surface area (Å²) in [7, 11) is 2.87. The summed E-state index contributed by atoms with van der Waals surface area (Å²) < 4.78 is 10.00. The number of ether oxygens (including phenoxy) is 2. The number of fused-ring (bicyclic) bond motifs is 1. The molecule has 0 amide bonds. The van der Waals surface area contributed by atoms with Gasteiger partial charge in [-0.25, -0.2) is 0 Å². The Bertz CT molecular complexity index is 1860. The van der Waals surface area contributed by atoms with Gasteiger partial charge in [0, 0.05) is 17.2 Å². The molecule has 0 spiro atoms. The van der Waals surface area contributed by atoms with Gasteiger partial charge >= 0.3 is 0 Å². The maximum atomic E-state index is 12.9. The summed E-state index contributed by atoms with van der Waals surface area (Å²) in [5.74, 6) is 0.0860. The highest BCUT2D eigenvalue weighted by Gasteiger charge is 2.35. The number of rotatable bonds is 11. The van der Waals surface area contributed by atoms with Gasteiger partial charge in [-0.15, -0.1) is 0 Å². The maximum Gasteiger partial charge on any atom is 0.191 e. The molecule has 6 rings (SSSR count). The van der Waals surface area contributed by atoms with Crippen LogP contribution in [0.4, 0.5) is 0 Å². The Kier molecular flexibility index (Phi) is 12.7. The third-order valence-corrected chi connectivity index (χ3v) is 8.90. The lowest BCUT2D eigenvalue weighted by Gasteiger charge is -2.27. The van der Waals surface area contributed by atoms with Crippen LogP contribution in [0.5, 0.6) is 23.0 Å². The zero-order valence-corrected chi connectivity index (χ0v) is 28.9. The first-order valence-electron chi connectivity index (χ1n) is 17.1. The van der Waals surface area contributed by atoms with Crippen LogP contribution >= 0.6 is 0 Å². The van der Waals surface area contributed by atoms with E-state index in [0.29, 0.717) is 28.7 Å². The van der Waals surface area contributed by atoms with Gasteiger partial charge in [-0.1, -0.05) is 98.1 Å². The van der Waals surface area contributed by atoms with E-state index in [1.165, 1.54) is 70.6 Å². The molecular weight excluding hydrogens is 642 g/mol. The van der Waals surface area contributed by atoms with Gasteiger partial charge in [0.05, 0.1) is 26.7 Å². The van der Waals surface area contributed by atoms with Crippen molar-refractivity contribution >= 4 is 35.6 Å². The molecule has 2 aliphatic rings. The van der Waals surface area contributed by atoms with Gasteiger partial charge in [0.1, 0.15) is 0 Å². The number of carbonyl (C=O) groups is 3. The van der Waals surface area contributed by atoms with Gasteiger partial charge in [0.2, 0.25) is 0 Å². The van der Waals surface area contributed by atoms with Gasteiger partial charge in [-0.3, -0.25) is 14.4 Å². The largest absolute Gasteiger partial charge is 0.504 e. The summed E-state index contributed by atoms with van der Waals surface area (Å²) in [5, 5.41) is 22.9. The van der Waals surface area contributed by atoms with Crippen LogP contribution in [-0.2, 0) is 9.59 Å². The van der Waals surface area contributed by atoms with Crippen molar-refractivity contribution in [2.75, 3.05) is 14.2 Å². The molecule has 0 bridgehead atoms. The lowest BCUT2D eigenvalue weighted by atomic mass is 9.93. The van der Waals surface area contributed by atoms with Crippen LogP contribution < -0.4 is 14.8 Å². The van der Waals surface area contributed by atoms with E-state index in [9.17, 15) is 24.6 Å². The molecule has 1 unspecified atom stereocenters. The number of phenols is 2. The number of benzene rings is 4. The first-order chi connectivity index (χ1) is 24.7. The predicted octanol–water partition coefficient (Wildman–Crippen LogP) is 8.30. The van der Waals surface area contributed by atoms with Crippen molar-refractivity contribution < 1.29 is 34.1 Å². The Morgan fingerprint density at radius 2 is 1.27 bits per heavy atom. The molecule has 51 heavy (non-hydrogen) atoms. The highest BCUT2D eigenvalue weighted by Crippen LogP contribution is 2.38. The van der Waals surface area contributed by atoms with Gasteiger partial charge in [0.25, 0.3) is 0 Å². The van der Waals surface area contributed by atoms with Crippen LogP contribution in [0, 0.1) is 0 Å². The van der Waals surface area contributed by atoms with Crippen LogP contribution in [0.3, 0.4) is 0 Å². The smallest absolute Gasteiger partial charge is 0.191 e. The second kappa shape index (κ2) is 17.8. The molecule has 8 heteroatoms. The van der Waals surface area contributed by atoms with Crippen molar-refractivity contribution in [2.45, 2.75) is 50.6 Å². The Labute approximate surface area is 298 Å². The van der Waals surface area contributed by atoms with Crippen LogP contribution in [0.25, 0.3) is 18.2 Å². The standard InChI is InChI=1S/C22H23NO.C21H20O6/c24-22-19-14-8-7-13-18(19)21(23-17-11-5-2-6-12-17)20(22)15-16-9-3-1-4-10-16;1-26-20-11-14(5-9-18(20)24)3-7-16(22)13-17(23)8-4-15-6-10-19(25)21(12-15)27-2/h1,3-4,7-10,13-15,17,21,23H,2,5-6,11-12H2;3-12,24-25H,13H2,1-2H3/b20-15+;7-3+,8-4+. The molecule has 0 aliphatic heterocycles. The van der Waals surface area contributed by atoms with Gasteiger partial charge in [0.15, 0.2) is 40.3 Å². The van der Waals surface area contributed by atoms with E-state index in [-0.39, 0.29) is 41.3 Å². The molecule has 4 aromatic rings. The summed E-state index contributed by atoms with van der Waals surface area (Å²) in [6.45, 7) is 0. The van der Waals surface area contributed by atoms with E-state index < -0.39 is 0 Å². The first kappa shape index (κ1) is 36.5. The monoisotopic (exact) mass is 685 g/mol. The number of ketones is 3. The number of nitrogens with one attached hydrogen (secondary N) is 1. The van der Waals surface area contributed by atoms with E-state index in [4.69, 9.17) is 9.47 Å². The molecule has 2 aliphatic carbocycles. The topological polar surface area (TPSA) is 122 Å². The molecular formula is C43H43NO7. The molecule has 0 aromatic heterocycles. The quantitative estimate of drug-likeness (QED) is 0.107. The number of allylic oxidation sites excluding steroid dienone is 2. The highest BCUT2D eigenvalue weighted by atomic mass is 16.5. The summed E-state index contributed by atoms with van der Waals surface area (Å²) in [6.07, 6.45) is 13.8. The van der Waals surface area contributed by atoms with Crippen LogP contribution in [0.1, 0.15) is 77.2 Å². The van der Waals surface area contributed by atoms with Crippen LogP contribution in [0.15, 0.2) is 109 Å². The number of methoxy groups -OCH3 is 2. The summed E-state index contributed by atoms with van der Waals surface area (Å²) >= 11 is 0. The Balaban J connectivity index is 0.000000199. The fraction of sp³-hybridized carbons (Fsp3) is 0.233. The van der Waals surface area contributed by atoms with E-state index in [2.05, 4.69) is 29.6 Å². The van der Waals surface area contributed by atoms with Crippen molar-refractivity contribution in [3.63, 3.8) is 0 Å². The molecule has 262 valence electrons. The van der Waals surface area contributed by atoms with E-state index in [1.807, 2.05) is 36.4 Å². The number of carbonyl (C=O) groups excluding carboxylic acids is 3. The van der Waals surface area contributed by atoms with Gasteiger partial charge in [-0.05, 0) is 77.6 Å². The van der Waals surface area contributed by atoms with Crippen molar-refractivity contribution in [1.29, 1.82) is 0 Å². The predicted molar refractivity (Wildman–Crippen MR) is 200 cm³/mol. The lowest BCUT2D eigenvalue weighted by Crippen LogP contribution is -2.34. The summed E-state index contributed by atoms with van der Waals surface area (Å²) in [6, 6.07) is 28.1. The summed E-state index contributed by atoms with van der Waals surface area (Å²) in [5.41, 5.74) is 5.29. The minimum Gasteiger partial charge on any atom is -0.504 e. The SMILES string of the molecule is COc1cc(/C=C/C(=O)CC(=O)/C=C/c2ccc(O)c(OC)c2)ccc1O.O=C1/C(=C/c2ccccc2)C(NC2CCCCC2)c2ccccc21. The second-order valence-corrected chi connectivity index (χ2v) is 12.5. The normalized spacial score (nSPS) is 16.5. The fourth-order valence-electron chi connectivity index (χ4n) is 6.24. The van der Waals surface area contributed by atoms with Crippen LogP contribution in [0.2, 0.25) is 0 Å². The lowest BCUT2D eigenvalue weighted by molar-refractivity contribution is -0.121. The molecule has 0 radical (unpaired) electrons. The zero-order chi connectivity index (χ0) is 36.2. The Morgan fingerprint density at radius 1 is 0.725 bits per heavy atom. The van der Waals surface area contributed by atoms with E-state index in [0.717, 1.165) is 22.3 Å². The molecule has 1 atom stereocenters. The van der Waals surface area contributed by atoms with Crippen molar-refractivity contribution in [3.05, 3.63) is 137 Å². The zero-order valence-electron chi connectivity index (χ0n) is 28.9.